The molecule has 0 spiro atoms. The van der Waals surface area contributed by atoms with Crippen LogP contribution in [-0.2, 0) is 0 Å². The molecule has 0 aliphatic heterocycles. The number of rotatable bonds is 6. The molecule has 0 atom stereocenters. The number of benzene rings is 1. The number of hydrogen-bond acceptors (Lipinski definition) is 4. The first-order valence-electron chi connectivity index (χ1n) is 6.23. The van der Waals surface area contributed by atoms with Gasteiger partial charge in [0.25, 0.3) is 6.43 Å². The van der Waals surface area contributed by atoms with Crippen LogP contribution in [-0.4, -0.2) is 43.3 Å². The molecule has 20 heavy (non-hydrogen) atoms. The van der Waals surface area contributed by atoms with Crippen molar-refractivity contribution in [3.8, 4) is 5.75 Å². The van der Waals surface area contributed by atoms with Crippen LogP contribution in [0.2, 0.25) is 0 Å². The Kier molecular flexibility index (Phi) is 4.68. The van der Waals surface area contributed by atoms with Gasteiger partial charge in [-0.2, -0.15) is 0 Å². The molecule has 0 aliphatic rings. The topological polar surface area (TPSA) is 45.6 Å². The SMILES string of the molecule is COc1cccc2c(N(CCO)CC(F)F)nccc12. The summed E-state index contributed by atoms with van der Waals surface area (Å²) in [6.07, 6.45) is -0.944. The van der Waals surface area contributed by atoms with E-state index in [0.29, 0.717) is 11.6 Å². The molecule has 1 aromatic heterocycles. The highest BCUT2D eigenvalue weighted by Crippen LogP contribution is 2.31. The van der Waals surface area contributed by atoms with E-state index in [1.54, 1.807) is 37.6 Å². The molecule has 0 fully saturated rings. The van der Waals surface area contributed by atoms with Crippen molar-refractivity contribution in [2.75, 3.05) is 31.7 Å². The number of aromatic nitrogens is 1. The molecular formula is C14H16F2N2O2. The van der Waals surface area contributed by atoms with Crippen molar-refractivity contribution in [2.24, 2.45) is 0 Å². The summed E-state index contributed by atoms with van der Waals surface area (Å²) >= 11 is 0. The first-order valence-corrected chi connectivity index (χ1v) is 6.23. The molecule has 0 saturated carbocycles. The van der Waals surface area contributed by atoms with Gasteiger partial charge in [0.1, 0.15) is 11.6 Å². The van der Waals surface area contributed by atoms with E-state index in [1.807, 2.05) is 0 Å². The second-order valence-corrected chi connectivity index (χ2v) is 4.25. The van der Waals surface area contributed by atoms with E-state index >= 15 is 0 Å². The van der Waals surface area contributed by atoms with Gasteiger partial charge < -0.3 is 14.7 Å². The van der Waals surface area contributed by atoms with Crippen LogP contribution in [0.5, 0.6) is 5.75 Å². The van der Waals surface area contributed by atoms with Crippen molar-refractivity contribution in [2.45, 2.75) is 6.43 Å². The monoisotopic (exact) mass is 282 g/mol. The van der Waals surface area contributed by atoms with Crippen LogP contribution in [0.3, 0.4) is 0 Å². The molecule has 1 N–H and O–H groups in total. The fourth-order valence-corrected chi connectivity index (χ4v) is 2.16. The first kappa shape index (κ1) is 14.5. The number of anilines is 1. The second-order valence-electron chi connectivity index (χ2n) is 4.25. The number of aliphatic hydroxyl groups is 1. The molecule has 0 unspecified atom stereocenters. The van der Waals surface area contributed by atoms with Crippen LogP contribution < -0.4 is 9.64 Å². The molecule has 4 nitrogen and oxygen atoms in total. The van der Waals surface area contributed by atoms with Crippen molar-refractivity contribution in [3.63, 3.8) is 0 Å². The van der Waals surface area contributed by atoms with Gasteiger partial charge in [0.05, 0.1) is 20.3 Å². The van der Waals surface area contributed by atoms with Gasteiger partial charge in [-0.25, -0.2) is 13.8 Å². The highest BCUT2D eigenvalue weighted by Gasteiger charge is 2.16. The largest absolute Gasteiger partial charge is 0.496 e. The highest BCUT2D eigenvalue weighted by molar-refractivity contribution is 5.96. The zero-order chi connectivity index (χ0) is 14.5. The normalized spacial score (nSPS) is 11.1. The number of ether oxygens (including phenoxy) is 1. The Morgan fingerprint density at radius 2 is 2.10 bits per heavy atom. The zero-order valence-corrected chi connectivity index (χ0v) is 11.1. The van der Waals surface area contributed by atoms with Crippen LogP contribution in [0.25, 0.3) is 10.8 Å². The number of halogens is 2. The molecule has 1 aromatic carbocycles. The third-order valence-corrected chi connectivity index (χ3v) is 2.99. The van der Waals surface area contributed by atoms with Gasteiger partial charge in [0.2, 0.25) is 0 Å². The van der Waals surface area contributed by atoms with E-state index in [-0.39, 0.29) is 13.2 Å². The maximum absolute atomic E-state index is 12.7. The van der Waals surface area contributed by atoms with Crippen molar-refractivity contribution >= 4 is 16.6 Å². The van der Waals surface area contributed by atoms with Gasteiger partial charge in [0.15, 0.2) is 0 Å². The Morgan fingerprint density at radius 1 is 1.30 bits per heavy atom. The Balaban J connectivity index is 2.51. The minimum atomic E-state index is -2.50. The molecular weight excluding hydrogens is 266 g/mol. The lowest BCUT2D eigenvalue weighted by Crippen LogP contribution is -2.32. The van der Waals surface area contributed by atoms with Crippen molar-refractivity contribution in [1.82, 2.24) is 4.98 Å². The molecule has 0 aliphatic carbocycles. The number of alkyl halides is 2. The van der Waals surface area contributed by atoms with Gasteiger partial charge in [-0.3, -0.25) is 0 Å². The average molecular weight is 282 g/mol. The number of aliphatic hydroxyl groups excluding tert-OH is 1. The Bertz CT molecular complexity index is 578. The minimum absolute atomic E-state index is 0.105. The highest BCUT2D eigenvalue weighted by atomic mass is 19.3. The number of methoxy groups -OCH3 is 1. The van der Waals surface area contributed by atoms with E-state index in [2.05, 4.69) is 4.98 Å². The third kappa shape index (κ3) is 2.96. The van der Waals surface area contributed by atoms with E-state index < -0.39 is 13.0 Å². The lowest BCUT2D eigenvalue weighted by Gasteiger charge is -2.24. The maximum atomic E-state index is 12.7. The standard InChI is InChI=1S/C14H16F2N2O2/c1-20-12-4-2-3-11-10(12)5-6-17-14(11)18(7-8-19)9-13(15)16/h2-6,13,19H,7-9H2,1H3. The van der Waals surface area contributed by atoms with Crippen molar-refractivity contribution < 1.29 is 18.6 Å². The average Bonchev–Trinajstić information content (AvgIpc) is 2.45. The summed E-state index contributed by atoms with van der Waals surface area (Å²) < 4.78 is 30.6. The summed E-state index contributed by atoms with van der Waals surface area (Å²) in [5.74, 6) is 1.09. The summed E-state index contributed by atoms with van der Waals surface area (Å²) in [5.41, 5.74) is 0. The number of fused-ring (bicyclic) bond motifs is 1. The van der Waals surface area contributed by atoms with E-state index in [4.69, 9.17) is 9.84 Å². The summed E-state index contributed by atoms with van der Waals surface area (Å²) in [4.78, 5) is 5.56. The molecule has 6 heteroatoms. The van der Waals surface area contributed by atoms with Crippen LogP contribution in [0.1, 0.15) is 0 Å². The van der Waals surface area contributed by atoms with Crippen LogP contribution in [0, 0.1) is 0 Å². The van der Waals surface area contributed by atoms with Gasteiger partial charge in [-0.1, -0.05) is 12.1 Å². The summed E-state index contributed by atoms with van der Waals surface area (Å²) in [5, 5.41) is 10.6. The molecule has 0 amide bonds. The predicted octanol–water partition coefficient (Wildman–Crippen LogP) is 2.31. The molecule has 1 heterocycles. The summed E-state index contributed by atoms with van der Waals surface area (Å²) in [6, 6.07) is 7.16. The minimum Gasteiger partial charge on any atom is -0.496 e. The zero-order valence-electron chi connectivity index (χ0n) is 11.1. The van der Waals surface area contributed by atoms with Gasteiger partial charge in [0, 0.05) is 23.5 Å². The van der Waals surface area contributed by atoms with Crippen molar-refractivity contribution in [1.29, 1.82) is 0 Å². The van der Waals surface area contributed by atoms with E-state index in [0.717, 1.165) is 10.8 Å². The Morgan fingerprint density at radius 3 is 2.75 bits per heavy atom. The summed E-state index contributed by atoms with van der Waals surface area (Å²) in [6.45, 7) is -0.577. The van der Waals surface area contributed by atoms with Crippen molar-refractivity contribution in [3.05, 3.63) is 30.5 Å². The van der Waals surface area contributed by atoms with Crippen LogP contribution in [0.15, 0.2) is 30.5 Å². The fourth-order valence-electron chi connectivity index (χ4n) is 2.16. The number of hydrogen-bond donors (Lipinski definition) is 1. The second kappa shape index (κ2) is 6.47. The predicted molar refractivity (Wildman–Crippen MR) is 73.6 cm³/mol. The van der Waals surface area contributed by atoms with E-state index in [9.17, 15) is 8.78 Å². The number of nitrogens with zero attached hydrogens (tertiary/aromatic N) is 2. The smallest absolute Gasteiger partial charge is 0.255 e. The molecule has 2 rings (SSSR count). The molecule has 2 aromatic rings. The quantitative estimate of drug-likeness (QED) is 0.883. The molecule has 0 radical (unpaired) electrons. The molecule has 108 valence electrons. The van der Waals surface area contributed by atoms with Crippen LogP contribution >= 0.6 is 0 Å². The maximum Gasteiger partial charge on any atom is 0.255 e. The van der Waals surface area contributed by atoms with Crippen LogP contribution in [0.4, 0.5) is 14.6 Å². The Labute approximate surface area is 115 Å². The number of pyridine rings is 1. The molecule has 0 bridgehead atoms. The first-order chi connectivity index (χ1) is 9.67. The Hall–Kier alpha value is -1.95. The van der Waals surface area contributed by atoms with Gasteiger partial charge in [-0.05, 0) is 12.1 Å². The third-order valence-electron chi connectivity index (χ3n) is 2.99. The summed E-state index contributed by atoms with van der Waals surface area (Å²) in [7, 11) is 1.56. The van der Waals surface area contributed by atoms with Gasteiger partial charge in [-0.15, -0.1) is 0 Å². The molecule has 0 saturated heterocycles. The lowest BCUT2D eigenvalue weighted by molar-refractivity contribution is 0.152. The lowest BCUT2D eigenvalue weighted by atomic mass is 10.1. The fraction of sp³-hybridized carbons (Fsp3) is 0.357. The van der Waals surface area contributed by atoms with Gasteiger partial charge >= 0.3 is 0 Å². The van der Waals surface area contributed by atoms with E-state index in [1.165, 1.54) is 4.90 Å².